The van der Waals surface area contributed by atoms with Gasteiger partial charge in [0.2, 0.25) is 0 Å². The van der Waals surface area contributed by atoms with Gasteiger partial charge in [-0.3, -0.25) is 14.4 Å². The van der Waals surface area contributed by atoms with E-state index < -0.39 is 23.4 Å². The Hall–Kier alpha value is -2.44. The Labute approximate surface area is 121 Å². The predicted octanol–water partition coefficient (Wildman–Crippen LogP) is 0.318. The predicted molar refractivity (Wildman–Crippen MR) is 71.5 cm³/mol. The lowest BCUT2D eigenvalue weighted by atomic mass is 10.1. The van der Waals surface area contributed by atoms with Crippen molar-refractivity contribution in [1.82, 2.24) is 9.80 Å². The smallest absolute Gasteiger partial charge is 0.312 e. The highest BCUT2D eigenvalue weighted by Crippen LogP contribution is 2.20. The van der Waals surface area contributed by atoms with E-state index in [1.807, 2.05) is 0 Å². The summed E-state index contributed by atoms with van der Waals surface area (Å²) >= 11 is 0. The fraction of sp³-hybridized carbons (Fsp3) is 0.357. The van der Waals surface area contributed by atoms with Gasteiger partial charge in [0.1, 0.15) is 11.6 Å². The number of Topliss-reactive ketones (excluding diaryl/α,β-unsaturated/α-hetero) is 1. The van der Waals surface area contributed by atoms with Crippen LogP contribution >= 0.6 is 0 Å². The van der Waals surface area contributed by atoms with E-state index in [4.69, 9.17) is 4.74 Å². The first-order valence-corrected chi connectivity index (χ1v) is 6.35. The molecule has 0 radical (unpaired) electrons. The van der Waals surface area contributed by atoms with Crippen LogP contribution in [0.15, 0.2) is 18.2 Å². The summed E-state index contributed by atoms with van der Waals surface area (Å²) in [6.07, 6.45) is 0. The number of likely N-dealkylation sites (N-methyl/N-ethyl adjacent to an activating group) is 1. The van der Waals surface area contributed by atoms with Gasteiger partial charge >= 0.3 is 11.8 Å². The minimum absolute atomic E-state index is 0.0525. The number of amides is 2. The lowest BCUT2D eigenvalue weighted by Crippen LogP contribution is -2.54. The van der Waals surface area contributed by atoms with E-state index in [1.165, 1.54) is 31.2 Å². The third kappa shape index (κ3) is 3.01. The Morgan fingerprint density at radius 1 is 1.29 bits per heavy atom. The summed E-state index contributed by atoms with van der Waals surface area (Å²) in [5.41, 5.74) is 0.0525. The van der Waals surface area contributed by atoms with E-state index >= 15 is 0 Å². The van der Waals surface area contributed by atoms with Crippen LogP contribution in [0.4, 0.5) is 4.39 Å². The highest BCUT2D eigenvalue weighted by molar-refractivity contribution is 6.35. The zero-order chi connectivity index (χ0) is 15.6. The number of ketones is 1. The Kier molecular flexibility index (Phi) is 4.21. The Balaban J connectivity index is 2.17. The van der Waals surface area contributed by atoms with Crippen LogP contribution in [0, 0.1) is 5.82 Å². The number of halogens is 1. The molecule has 1 aliphatic rings. The molecule has 2 rings (SSSR count). The fourth-order valence-electron chi connectivity index (χ4n) is 2.08. The number of carbonyl (C=O) groups excluding carboxylic acids is 3. The fourth-order valence-corrected chi connectivity index (χ4v) is 2.08. The minimum Gasteiger partial charge on any atom is -0.496 e. The van der Waals surface area contributed by atoms with Crippen LogP contribution in [0.25, 0.3) is 0 Å². The third-order valence-electron chi connectivity index (χ3n) is 3.32. The molecule has 1 aromatic rings. The molecule has 0 aromatic heterocycles. The average Bonchev–Trinajstić information content (AvgIpc) is 2.47. The summed E-state index contributed by atoms with van der Waals surface area (Å²) in [6.45, 7) is 0.348. The van der Waals surface area contributed by atoms with Crippen molar-refractivity contribution in [1.29, 1.82) is 0 Å². The first-order valence-electron chi connectivity index (χ1n) is 6.35. The lowest BCUT2D eigenvalue weighted by Gasteiger charge is -2.31. The summed E-state index contributed by atoms with van der Waals surface area (Å²) in [5.74, 6) is -2.20. The van der Waals surface area contributed by atoms with Gasteiger partial charge in [-0.05, 0) is 18.2 Å². The van der Waals surface area contributed by atoms with Crippen molar-refractivity contribution in [3.05, 3.63) is 29.6 Å². The summed E-state index contributed by atoms with van der Waals surface area (Å²) in [7, 11) is 2.89. The number of hydrogen-bond donors (Lipinski definition) is 0. The zero-order valence-corrected chi connectivity index (χ0v) is 11.8. The number of nitrogens with zero attached hydrogens (tertiary/aromatic N) is 2. The van der Waals surface area contributed by atoms with E-state index in [-0.39, 0.29) is 24.4 Å². The van der Waals surface area contributed by atoms with Crippen LogP contribution < -0.4 is 4.74 Å². The normalized spacial score (nSPS) is 15.4. The molecule has 1 saturated heterocycles. The molecule has 0 saturated carbocycles. The second kappa shape index (κ2) is 5.90. The highest BCUT2D eigenvalue weighted by Gasteiger charge is 2.32. The zero-order valence-electron chi connectivity index (χ0n) is 11.8. The molecule has 6 nitrogen and oxygen atoms in total. The van der Waals surface area contributed by atoms with Gasteiger partial charge in [-0.2, -0.15) is 0 Å². The molecular weight excluding hydrogens is 279 g/mol. The number of ether oxygens (including phenoxy) is 1. The van der Waals surface area contributed by atoms with Crippen molar-refractivity contribution >= 4 is 17.6 Å². The van der Waals surface area contributed by atoms with Gasteiger partial charge in [0, 0.05) is 20.1 Å². The highest BCUT2D eigenvalue weighted by atomic mass is 19.1. The molecule has 2 amide bonds. The van der Waals surface area contributed by atoms with Gasteiger partial charge in [-0.15, -0.1) is 0 Å². The van der Waals surface area contributed by atoms with E-state index in [0.29, 0.717) is 6.54 Å². The molecule has 0 spiro atoms. The van der Waals surface area contributed by atoms with Crippen LogP contribution in [0.5, 0.6) is 5.75 Å². The van der Waals surface area contributed by atoms with Crippen molar-refractivity contribution in [3.8, 4) is 5.75 Å². The lowest BCUT2D eigenvalue weighted by molar-refractivity contribution is -0.154. The Morgan fingerprint density at radius 2 is 2.00 bits per heavy atom. The topological polar surface area (TPSA) is 66.9 Å². The molecule has 0 aliphatic carbocycles. The molecule has 1 fully saturated rings. The molecule has 1 aromatic carbocycles. The van der Waals surface area contributed by atoms with Crippen LogP contribution in [0.3, 0.4) is 0 Å². The summed E-state index contributed by atoms with van der Waals surface area (Å²) in [5, 5.41) is 0. The number of carbonyl (C=O) groups is 3. The monoisotopic (exact) mass is 294 g/mol. The Bertz CT molecular complexity index is 603. The molecule has 112 valence electrons. The maximum Gasteiger partial charge on any atom is 0.312 e. The van der Waals surface area contributed by atoms with Gasteiger partial charge in [0.05, 0.1) is 19.2 Å². The molecule has 1 aliphatic heterocycles. The van der Waals surface area contributed by atoms with Crippen molar-refractivity contribution in [2.45, 2.75) is 0 Å². The number of hydrogen-bond acceptors (Lipinski definition) is 4. The summed E-state index contributed by atoms with van der Waals surface area (Å²) < 4.78 is 18.3. The van der Waals surface area contributed by atoms with Gasteiger partial charge in [-0.1, -0.05) is 0 Å². The second-order valence-electron chi connectivity index (χ2n) is 4.72. The molecule has 1 heterocycles. The second-order valence-corrected chi connectivity index (χ2v) is 4.72. The van der Waals surface area contributed by atoms with Gasteiger partial charge in [-0.25, -0.2) is 4.39 Å². The molecule has 7 heteroatoms. The molecule has 0 atom stereocenters. The Morgan fingerprint density at radius 3 is 2.67 bits per heavy atom. The molecule has 0 bridgehead atoms. The first kappa shape index (κ1) is 15.0. The quantitative estimate of drug-likeness (QED) is 0.592. The third-order valence-corrected chi connectivity index (χ3v) is 3.32. The minimum atomic E-state index is -0.729. The maximum atomic E-state index is 13.3. The number of rotatable bonds is 4. The summed E-state index contributed by atoms with van der Waals surface area (Å²) in [6, 6.07) is 3.59. The molecular formula is C14H15FN2O4. The number of benzene rings is 1. The molecule has 0 unspecified atom stereocenters. The average molecular weight is 294 g/mol. The van der Waals surface area contributed by atoms with Crippen LogP contribution in [0.2, 0.25) is 0 Å². The first-order chi connectivity index (χ1) is 9.93. The van der Waals surface area contributed by atoms with Crippen LogP contribution in [-0.4, -0.2) is 61.2 Å². The van der Waals surface area contributed by atoms with Crippen LogP contribution in [0.1, 0.15) is 10.4 Å². The van der Waals surface area contributed by atoms with Crippen molar-refractivity contribution in [3.63, 3.8) is 0 Å². The molecule has 21 heavy (non-hydrogen) atoms. The number of methoxy groups -OCH3 is 1. The standard InChI is InChI=1S/C14H15FN2O4/c1-16-5-6-17(14(20)13(16)19)8-11(18)10-7-9(15)3-4-12(10)21-2/h3-4,7H,5-6,8H2,1-2H3. The van der Waals surface area contributed by atoms with Crippen LogP contribution in [-0.2, 0) is 9.59 Å². The van der Waals surface area contributed by atoms with Crippen molar-refractivity contribution in [2.75, 3.05) is 33.8 Å². The van der Waals surface area contributed by atoms with E-state index in [9.17, 15) is 18.8 Å². The van der Waals surface area contributed by atoms with Crippen molar-refractivity contribution < 1.29 is 23.5 Å². The van der Waals surface area contributed by atoms with E-state index in [2.05, 4.69) is 0 Å². The SMILES string of the molecule is COc1ccc(F)cc1C(=O)CN1CCN(C)C(=O)C1=O. The van der Waals surface area contributed by atoms with Gasteiger partial charge < -0.3 is 14.5 Å². The van der Waals surface area contributed by atoms with Crippen molar-refractivity contribution in [2.24, 2.45) is 0 Å². The molecule has 0 N–H and O–H groups in total. The van der Waals surface area contributed by atoms with Gasteiger partial charge in [0.25, 0.3) is 0 Å². The van der Waals surface area contributed by atoms with E-state index in [1.54, 1.807) is 0 Å². The van der Waals surface area contributed by atoms with Gasteiger partial charge in [0.15, 0.2) is 5.78 Å². The summed E-state index contributed by atoms with van der Waals surface area (Å²) in [4.78, 5) is 38.0. The van der Waals surface area contributed by atoms with E-state index in [0.717, 1.165) is 11.0 Å². The largest absolute Gasteiger partial charge is 0.496 e. The maximum absolute atomic E-state index is 13.3. The number of piperazine rings is 1.